The minimum atomic E-state index is -0.491. The van der Waals surface area contributed by atoms with Gasteiger partial charge in [-0.05, 0) is 38.5 Å². The number of hydrogen-bond donors (Lipinski definition) is 0. The molecule has 18 heavy (non-hydrogen) atoms. The Morgan fingerprint density at radius 2 is 1.89 bits per heavy atom. The standard InChI is InChI=1S/C14H17NO3/c1-14(2,3)18-13(16)10-17-9-12-6-4-11(8-15)5-7-12/h4-7H,9-10H2,1-3H3. The lowest BCUT2D eigenvalue weighted by molar-refractivity contribution is -0.160. The van der Waals surface area contributed by atoms with Crippen molar-refractivity contribution in [2.75, 3.05) is 6.61 Å². The van der Waals surface area contributed by atoms with Crippen molar-refractivity contribution < 1.29 is 14.3 Å². The number of rotatable bonds is 4. The van der Waals surface area contributed by atoms with Crippen molar-refractivity contribution in [2.24, 2.45) is 0 Å². The molecule has 0 aliphatic heterocycles. The molecule has 4 heteroatoms. The molecule has 0 aromatic heterocycles. The molecule has 0 bridgehead atoms. The van der Waals surface area contributed by atoms with Crippen molar-refractivity contribution in [2.45, 2.75) is 33.0 Å². The van der Waals surface area contributed by atoms with Gasteiger partial charge in [-0.3, -0.25) is 0 Å². The van der Waals surface area contributed by atoms with Crippen LogP contribution in [-0.2, 0) is 20.9 Å². The van der Waals surface area contributed by atoms with Crippen molar-refractivity contribution >= 4 is 5.97 Å². The Hall–Kier alpha value is -1.86. The lowest BCUT2D eigenvalue weighted by atomic mass is 10.2. The summed E-state index contributed by atoms with van der Waals surface area (Å²) in [5.41, 5.74) is 1.03. The molecule has 0 fully saturated rings. The minimum absolute atomic E-state index is 0.0722. The fourth-order valence-corrected chi connectivity index (χ4v) is 1.30. The summed E-state index contributed by atoms with van der Waals surface area (Å²) in [7, 11) is 0. The molecule has 1 aromatic carbocycles. The third kappa shape index (κ3) is 5.46. The maximum absolute atomic E-state index is 11.4. The molecule has 0 amide bonds. The largest absolute Gasteiger partial charge is 0.458 e. The Bertz CT molecular complexity index is 438. The quantitative estimate of drug-likeness (QED) is 0.767. The monoisotopic (exact) mass is 247 g/mol. The van der Waals surface area contributed by atoms with E-state index >= 15 is 0 Å². The SMILES string of the molecule is CC(C)(C)OC(=O)COCc1ccc(C#N)cc1. The zero-order chi connectivity index (χ0) is 13.6. The van der Waals surface area contributed by atoms with Crippen LogP contribution in [0.25, 0.3) is 0 Å². The second-order valence-corrected chi connectivity index (χ2v) is 4.89. The molecule has 0 spiro atoms. The minimum Gasteiger partial charge on any atom is -0.458 e. The van der Waals surface area contributed by atoms with Crippen molar-refractivity contribution in [3.8, 4) is 6.07 Å². The van der Waals surface area contributed by atoms with Crippen molar-refractivity contribution in [1.82, 2.24) is 0 Å². The highest BCUT2D eigenvalue weighted by Crippen LogP contribution is 2.08. The molecule has 0 heterocycles. The zero-order valence-electron chi connectivity index (χ0n) is 10.9. The van der Waals surface area contributed by atoms with Gasteiger partial charge in [0.2, 0.25) is 0 Å². The molecule has 1 aromatic rings. The molecule has 0 atom stereocenters. The summed E-state index contributed by atoms with van der Waals surface area (Å²) in [5, 5.41) is 8.64. The predicted octanol–water partition coefficient (Wildman–Crippen LogP) is 2.42. The van der Waals surface area contributed by atoms with Crippen LogP contribution in [0.15, 0.2) is 24.3 Å². The van der Waals surface area contributed by atoms with Crippen LogP contribution in [0, 0.1) is 11.3 Å². The second-order valence-electron chi connectivity index (χ2n) is 4.89. The molecule has 0 saturated carbocycles. The van der Waals surface area contributed by atoms with Gasteiger partial charge in [0, 0.05) is 0 Å². The number of benzene rings is 1. The van der Waals surface area contributed by atoms with Gasteiger partial charge in [0.1, 0.15) is 12.2 Å². The van der Waals surface area contributed by atoms with E-state index in [1.807, 2.05) is 26.8 Å². The lowest BCUT2D eigenvalue weighted by Crippen LogP contribution is -2.26. The second kappa shape index (κ2) is 6.18. The van der Waals surface area contributed by atoms with Gasteiger partial charge in [0.25, 0.3) is 0 Å². The van der Waals surface area contributed by atoms with Gasteiger partial charge in [0.05, 0.1) is 18.2 Å². The van der Waals surface area contributed by atoms with Gasteiger partial charge in [0.15, 0.2) is 0 Å². The molecule has 0 aliphatic carbocycles. The van der Waals surface area contributed by atoms with Crippen LogP contribution in [-0.4, -0.2) is 18.2 Å². The fraction of sp³-hybridized carbons (Fsp3) is 0.429. The molecule has 0 saturated heterocycles. The van der Waals surface area contributed by atoms with Crippen LogP contribution < -0.4 is 0 Å². The summed E-state index contributed by atoms with van der Waals surface area (Å²) in [4.78, 5) is 11.4. The van der Waals surface area contributed by atoms with Gasteiger partial charge in [-0.25, -0.2) is 4.79 Å². The molecule has 0 aliphatic rings. The highest BCUT2D eigenvalue weighted by Gasteiger charge is 2.15. The first-order valence-electron chi connectivity index (χ1n) is 5.69. The Morgan fingerprint density at radius 3 is 2.39 bits per heavy atom. The van der Waals surface area contributed by atoms with Crippen molar-refractivity contribution in [3.63, 3.8) is 0 Å². The summed E-state index contributed by atoms with van der Waals surface area (Å²) in [6, 6.07) is 9.07. The Morgan fingerprint density at radius 1 is 1.28 bits per heavy atom. The molecule has 0 radical (unpaired) electrons. The van der Waals surface area contributed by atoms with E-state index < -0.39 is 5.60 Å². The highest BCUT2D eigenvalue weighted by atomic mass is 16.6. The van der Waals surface area contributed by atoms with Crippen LogP contribution >= 0.6 is 0 Å². The summed E-state index contributed by atoms with van der Waals surface area (Å²) in [5.74, 6) is -0.379. The van der Waals surface area contributed by atoms with E-state index in [9.17, 15) is 4.79 Å². The van der Waals surface area contributed by atoms with Crippen molar-refractivity contribution in [3.05, 3.63) is 35.4 Å². The third-order valence-corrected chi connectivity index (χ3v) is 1.99. The average molecular weight is 247 g/mol. The number of nitrogens with zero attached hydrogens (tertiary/aromatic N) is 1. The van der Waals surface area contributed by atoms with Gasteiger partial charge in [-0.15, -0.1) is 0 Å². The molecule has 1 rings (SSSR count). The van der Waals surface area contributed by atoms with E-state index in [1.165, 1.54) is 0 Å². The number of nitriles is 1. The Balaban J connectivity index is 2.33. The first kappa shape index (κ1) is 14.2. The zero-order valence-corrected chi connectivity index (χ0v) is 10.9. The molecular formula is C14H17NO3. The van der Waals surface area contributed by atoms with Crippen LogP contribution in [0.3, 0.4) is 0 Å². The number of ether oxygens (including phenoxy) is 2. The van der Waals surface area contributed by atoms with Gasteiger partial charge >= 0.3 is 5.97 Å². The number of hydrogen-bond acceptors (Lipinski definition) is 4. The van der Waals surface area contributed by atoms with Crippen LogP contribution in [0.2, 0.25) is 0 Å². The van der Waals surface area contributed by atoms with Crippen LogP contribution in [0.1, 0.15) is 31.9 Å². The molecule has 4 nitrogen and oxygen atoms in total. The molecular weight excluding hydrogens is 230 g/mol. The molecule has 0 unspecified atom stereocenters. The average Bonchev–Trinajstić information content (AvgIpc) is 2.27. The number of esters is 1. The maximum Gasteiger partial charge on any atom is 0.332 e. The lowest BCUT2D eigenvalue weighted by Gasteiger charge is -2.19. The molecule has 96 valence electrons. The van der Waals surface area contributed by atoms with Crippen molar-refractivity contribution in [1.29, 1.82) is 5.26 Å². The topological polar surface area (TPSA) is 59.3 Å². The maximum atomic E-state index is 11.4. The summed E-state index contributed by atoms with van der Waals surface area (Å²) >= 11 is 0. The van der Waals surface area contributed by atoms with E-state index in [0.29, 0.717) is 12.2 Å². The van der Waals surface area contributed by atoms with E-state index in [2.05, 4.69) is 0 Å². The normalized spacial score (nSPS) is 10.8. The van der Waals surface area contributed by atoms with E-state index in [1.54, 1.807) is 24.3 Å². The summed E-state index contributed by atoms with van der Waals surface area (Å²) in [6.07, 6.45) is 0. The summed E-state index contributed by atoms with van der Waals surface area (Å²) in [6.45, 7) is 5.69. The van der Waals surface area contributed by atoms with E-state index in [4.69, 9.17) is 14.7 Å². The third-order valence-electron chi connectivity index (χ3n) is 1.99. The van der Waals surface area contributed by atoms with Gasteiger partial charge < -0.3 is 9.47 Å². The predicted molar refractivity (Wildman–Crippen MR) is 66.7 cm³/mol. The first-order valence-corrected chi connectivity index (χ1v) is 5.69. The van der Waals surface area contributed by atoms with Crippen LogP contribution in [0.4, 0.5) is 0 Å². The van der Waals surface area contributed by atoms with Gasteiger partial charge in [-0.1, -0.05) is 12.1 Å². The van der Waals surface area contributed by atoms with E-state index in [-0.39, 0.29) is 12.6 Å². The summed E-state index contributed by atoms with van der Waals surface area (Å²) < 4.78 is 10.3. The van der Waals surface area contributed by atoms with Crippen LogP contribution in [0.5, 0.6) is 0 Å². The Kier molecular flexibility index (Phi) is 4.87. The Labute approximate surface area is 107 Å². The van der Waals surface area contributed by atoms with E-state index in [0.717, 1.165) is 5.56 Å². The van der Waals surface area contributed by atoms with Gasteiger partial charge in [-0.2, -0.15) is 5.26 Å². The highest BCUT2D eigenvalue weighted by molar-refractivity contribution is 5.71. The number of carbonyl (C=O) groups is 1. The molecule has 0 N–H and O–H groups in total. The smallest absolute Gasteiger partial charge is 0.332 e. The fourth-order valence-electron chi connectivity index (χ4n) is 1.30. The first-order chi connectivity index (χ1) is 8.40. The number of carbonyl (C=O) groups excluding carboxylic acids is 1.